The van der Waals surface area contributed by atoms with Gasteiger partial charge in [-0.15, -0.1) is 0 Å². The molecule has 4 heteroatoms. The smallest absolute Gasteiger partial charge is 0.380 e. The largest absolute Gasteiger partial charge is 1.00 e. The van der Waals surface area contributed by atoms with Gasteiger partial charge in [-0.1, -0.05) is 13.8 Å². The fourth-order valence-electron chi connectivity index (χ4n) is 1.14. The van der Waals surface area contributed by atoms with E-state index in [-0.39, 0.29) is 51.4 Å². The Morgan fingerprint density at radius 2 is 1.80 bits per heavy atom. The van der Waals surface area contributed by atoms with Crippen LogP contribution in [0.15, 0.2) is 12.4 Å². The predicted octanol–water partition coefficient (Wildman–Crippen LogP) is -0.807. The maximum Gasteiger partial charge on any atom is 1.00 e. The first-order chi connectivity index (χ1) is 6.90. The normalized spacial score (nSPS) is 14.1. The van der Waals surface area contributed by atoms with Crippen LogP contribution in [0.2, 0.25) is 0 Å². The zero-order chi connectivity index (χ0) is 10.4. The number of nitrogens with zero attached hydrogens (tertiary/aromatic N) is 2. The molecule has 78 valence electrons. The quantitative estimate of drug-likeness (QED) is 0.494. The Kier molecular flexibility index (Phi) is 8.99. The van der Waals surface area contributed by atoms with Gasteiger partial charge in [-0.25, -0.2) is 0 Å². The number of hydrogen-bond acceptors (Lipinski definition) is 3. The Bertz CT molecular complexity index is 260. The minimum absolute atomic E-state index is 0. The second-order valence-corrected chi connectivity index (χ2v) is 2.90. The van der Waals surface area contributed by atoms with Gasteiger partial charge in [0.25, 0.3) is 0 Å². The fraction of sp³-hybridized carbons (Fsp3) is 0.545. The fourth-order valence-corrected chi connectivity index (χ4v) is 1.14. The molecule has 0 bridgehead atoms. The van der Waals surface area contributed by atoms with E-state index in [2.05, 4.69) is 9.97 Å². The van der Waals surface area contributed by atoms with Crippen LogP contribution in [-0.4, -0.2) is 23.2 Å². The van der Waals surface area contributed by atoms with Crippen molar-refractivity contribution in [3.63, 3.8) is 0 Å². The molecule has 0 aliphatic carbocycles. The van der Waals surface area contributed by atoms with Gasteiger partial charge in [0.05, 0.1) is 13.2 Å². The summed E-state index contributed by atoms with van der Waals surface area (Å²) in [5.41, 5.74) is 1.19. The van der Waals surface area contributed by atoms with Crippen LogP contribution >= 0.6 is 0 Å². The summed E-state index contributed by atoms with van der Waals surface area (Å²) in [7, 11) is 0. The molecule has 2 heterocycles. The molecular weight excluding hydrogens is 215 g/mol. The van der Waals surface area contributed by atoms with Crippen molar-refractivity contribution in [2.75, 3.05) is 13.2 Å². The second kappa shape index (κ2) is 8.67. The summed E-state index contributed by atoms with van der Waals surface area (Å²) in [4.78, 5) is 8.36. The van der Waals surface area contributed by atoms with E-state index in [0.717, 1.165) is 19.0 Å². The topological polar surface area (TPSA) is 35.0 Å². The Morgan fingerprint density at radius 3 is 2.13 bits per heavy atom. The first kappa shape index (κ1) is 15.5. The summed E-state index contributed by atoms with van der Waals surface area (Å²) in [6.07, 6.45) is 5.66. The van der Waals surface area contributed by atoms with E-state index in [1.54, 1.807) is 0 Å². The third-order valence-corrected chi connectivity index (χ3v) is 2.06. The first-order valence-corrected chi connectivity index (χ1v) is 5.09. The molecule has 0 radical (unpaired) electrons. The molecular formula is C11H17KN2O. The van der Waals surface area contributed by atoms with Crippen molar-refractivity contribution in [3.8, 4) is 0 Å². The van der Waals surface area contributed by atoms with Gasteiger partial charge in [0.15, 0.2) is 0 Å². The van der Waals surface area contributed by atoms with Crippen LogP contribution in [0.1, 0.15) is 38.1 Å². The van der Waals surface area contributed by atoms with Crippen LogP contribution in [0.25, 0.3) is 0 Å². The molecule has 0 atom stereocenters. The van der Waals surface area contributed by atoms with Crippen LogP contribution in [0.5, 0.6) is 0 Å². The third kappa shape index (κ3) is 4.50. The van der Waals surface area contributed by atoms with Crippen molar-refractivity contribution < 1.29 is 56.1 Å². The molecule has 0 aromatic carbocycles. The standard InChI is InChI=1S/C9H11N2O.C2H6.K/c1-2-9-10-3-7(4-11-9)8-5-12-6-8;1-2;/h2-4,8H,5-6H2,1H3;1-2H3;/q-1;;+1. The number of ether oxygens (including phenoxy) is 1. The Morgan fingerprint density at radius 1 is 1.27 bits per heavy atom. The molecule has 1 saturated heterocycles. The van der Waals surface area contributed by atoms with E-state index in [4.69, 9.17) is 4.74 Å². The van der Waals surface area contributed by atoms with Gasteiger partial charge in [-0.2, -0.15) is 6.92 Å². The zero-order valence-corrected chi connectivity index (χ0v) is 13.1. The van der Waals surface area contributed by atoms with Gasteiger partial charge in [0.2, 0.25) is 0 Å². The molecule has 1 aromatic rings. The van der Waals surface area contributed by atoms with Crippen LogP contribution in [0, 0.1) is 6.42 Å². The Labute approximate surface area is 134 Å². The summed E-state index contributed by atoms with van der Waals surface area (Å²) in [5.74, 6) is 1.31. The van der Waals surface area contributed by atoms with Gasteiger partial charge < -0.3 is 11.2 Å². The van der Waals surface area contributed by atoms with E-state index < -0.39 is 0 Å². The maximum absolute atomic E-state index is 5.08. The maximum atomic E-state index is 5.08. The molecule has 0 N–H and O–H groups in total. The molecule has 0 unspecified atom stereocenters. The van der Waals surface area contributed by atoms with E-state index in [1.165, 1.54) is 5.56 Å². The molecule has 3 nitrogen and oxygen atoms in total. The van der Waals surface area contributed by atoms with Crippen molar-refractivity contribution in [2.24, 2.45) is 0 Å². The summed E-state index contributed by atoms with van der Waals surface area (Å²) >= 11 is 0. The van der Waals surface area contributed by atoms with Gasteiger partial charge in [-0.05, 0) is 11.4 Å². The molecule has 0 spiro atoms. The molecule has 1 aromatic heterocycles. The van der Waals surface area contributed by atoms with E-state index in [1.807, 2.05) is 39.6 Å². The summed E-state index contributed by atoms with van der Waals surface area (Å²) in [5, 5.41) is 0. The summed E-state index contributed by atoms with van der Waals surface area (Å²) in [6, 6.07) is 0. The van der Waals surface area contributed by atoms with E-state index in [0.29, 0.717) is 5.92 Å². The van der Waals surface area contributed by atoms with Crippen molar-refractivity contribution in [3.05, 3.63) is 30.2 Å². The average Bonchev–Trinajstić information content (AvgIpc) is 2.20. The molecule has 0 amide bonds. The van der Waals surface area contributed by atoms with Crippen molar-refractivity contribution in [2.45, 2.75) is 26.7 Å². The number of hydrogen-bond donors (Lipinski definition) is 0. The van der Waals surface area contributed by atoms with Gasteiger partial charge in [0.1, 0.15) is 0 Å². The molecule has 1 fully saturated rings. The molecule has 0 saturated carbocycles. The first-order valence-electron chi connectivity index (χ1n) is 5.09. The van der Waals surface area contributed by atoms with Crippen LogP contribution < -0.4 is 51.4 Å². The van der Waals surface area contributed by atoms with Crippen LogP contribution in [-0.2, 0) is 4.74 Å². The van der Waals surface area contributed by atoms with Gasteiger partial charge in [-0.3, -0.25) is 9.97 Å². The number of rotatable bonds is 2. The second-order valence-electron chi connectivity index (χ2n) is 2.90. The van der Waals surface area contributed by atoms with E-state index in [9.17, 15) is 0 Å². The van der Waals surface area contributed by atoms with Crippen molar-refractivity contribution >= 4 is 0 Å². The monoisotopic (exact) mass is 232 g/mol. The van der Waals surface area contributed by atoms with Crippen molar-refractivity contribution in [1.82, 2.24) is 9.97 Å². The third-order valence-electron chi connectivity index (χ3n) is 2.06. The summed E-state index contributed by atoms with van der Waals surface area (Å²) < 4.78 is 5.08. The van der Waals surface area contributed by atoms with Crippen LogP contribution in [0.4, 0.5) is 0 Å². The average molecular weight is 232 g/mol. The molecule has 1 aliphatic rings. The van der Waals surface area contributed by atoms with E-state index >= 15 is 0 Å². The van der Waals surface area contributed by atoms with Gasteiger partial charge >= 0.3 is 51.4 Å². The summed E-state index contributed by atoms with van der Waals surface area (Å²) in [6.45, 7) is 7.57. The minimum atomic E-state index is 0. The Balaban J connectivity index is 0.000000617. The minimum Gasteiger partial charge on any atom is -0.380 e. The number of aromatic nitrogens is 2. The Hall–Kier alpha value is 0.546. The molecule has 1 aliphatic heterocycles. The predicted molar refractivity (Wildman–Crippen MR) is 56.0 cm³/mol. The van der Waals surface area contributed by atoms with Crippen molar-refractivity contribution in [1.29, 1.82) is 0 Å². The van der Waals surface area contributed by atoms with Crippen LogP contribution in [0.3, 0.4) is 0 Å². The van der Waals surface area contributed by atoms with Gasteiger partial charge in [0, 0.05) is 18.3 Å². The zero-order valence-electron chi connectivity index (χ0n) is 10.0. The molecule has 2 rings (SSSR count). The molecule has 15 heavy (non-hydrogen) atoms. The SMILES string of the molecule is CC.C[CH-]c1ncc(C2COC2)cn1.[K+].